The van der Waals surface area contributed by atoms with Crippen LogP contribution in [0.1, 0.15) is 23.0 Å². The Bertz CT molecular complexity index is 638. The molecule has 1 atom stereocenters. The molecular weight excluding hydrogens is 282 g/mol. The topological polar surface area (TPSA) is 76.4 Å². The molecule has 1 aromatic carbocycles. The second-order valence-electron chi connectivity index (χ2n) is 5.13. The highest BCUT2D eigenvalue weighted by molar-refractivity contribution is 5.78. The molecule has 0 aliphatic carbocycles. The molecule has 6 nitrogen and oxygen atoms in total. The number of carbonyl (C=O) groups is 1. The van der Waals surface area contributed by atoms with Crippen LogP contribution in [0, 0.1) is 13.8 Å². The van der Waals surface area contributed by atoms with Gasteiger partial charge in [0.2, 0.25) is 0 Å². The Kier molecular flexibility index (Phi) is 5.16. The van der Waals surface area contributed by atoms with Gasteiger partial charge in [-0.2, -0.15) is 5.10 Å². The molecule has 1 amide bonds. The quantitative estimate of drug-likeness (QED) is 0.842. The Morgan fingerprint density at radius 1 is 1.36 bits per heavy atom. The van der Waals surface area contributed by atoms with Crippen LogP contribution in [-0.4, -0.2) is 34.0 Å². The summed E-state index contributed by atoms with van der Waals surface area (Å²) in [6.07, 6.45) is 0. The highest BCUT2D eigenvalue weighted by Crippen LogP contribution is 2.21. The van der Waals surface area contributed by atoms with E-state index in [1.165, 1.54) is 0 Å². The standard InChI is InChI=1S/C16H21N3O3/c1-11-16(12(2)19(3)18-11)22-10-15(21)17-14(9-20)13-7-5-4-6-8-13/h4-8,14,20H,9-10H2,1-3H3,(H,17,21)/t14-/m1/s1. The number of amides is 1. The van der Waals surface area contributed by atoms with Gasteiger partial charge in [0.1, 0.15) is 5.69 Å². The zero-order chi connectivity index (χ0) is 16.1. The van der Waals surface area contributed by atoms with E-state index in [0.717, 1.165) is 17.0 Å². The zero-order valence-corrected chi connectivity index (χ0v) is 13.0. The number of carbonyl (C=O) groups excluding carboxylic acids is 1. The summed E-state index contributed by atoms with van der Waals surface area (Å²) in [5.74, 6) is 0.337. The van der Waals surface area contributed by atoms with Crippen LogP contribution < -0.4 is 10.1 Å². The molecule has 2 aromatic rings. The highest BCUT2D eigenvalue weighted by Gasteiger charge is 2.16. The number of aliphatic hydroxyl groups is 1. The molecule has 0 bridgehead atoms. The van der Waals surface area contributed by atoms with Crippen LogP contribution in [0.25, 0.3) is 0 Å². The zero-order valence-electron chi connectivity index (χ0n) is 13.0. The first kappa shape index (κ1) is 16.0. The minimum Gasteiger partial charge on any atom is -0.480 e. The lowest BCUT2D eigenvalue weighted by molar-refractivity contribution is -0.124. The number of benzene rings is 1. The molecule has 1 aromatic heterocycles. The van der Waals surface area contributed by atoms with Crippen molar-refractivity contribution in [3.8, 4) is 5.75 Å². The van der Waals surface area contributed by atoms with Crippen molar-refractivity contribution in [2.75, 3.05) is 13.2 Å². The maximum absolute atomic E-state index is 12.0. The first-order valence-electron chi connectivity index (χ1n) is 7.11. The molecule has 6 heteroatoms. The van der Waals surface area contributed by atoms with Crippen LogP contribution in [0.5, 0.6) is 5.75 Å². The summed E-state index contributed by atoms with van der Waals surface area (Å²) >= 11 is 0. The Hall–Kier alpha value is -2.34. The van der Waals surface area contributed by atoms with E-state index < -0.39 is 6.04 Å². The van der Waals surface area contributed by atoms with Gasteiger partial charge in [-0.05, 0) is 19.4 Å². The third kappa shape index (κ3) is 3.65. The first-order chi connectivity index (χ1) is 10.5. The number of nitrogens with zero attached hydrogens (tertiary/aromatic N) is 2. The minimum atomic E-state index is -0.437. The maximum atomic E-state index is 12.0. The minimum absolute atomic E-state index is 0.114. The summed E-state index contributed by atoms with van der Waals surface area (Å²) in [6.45, 7) is 3.44. The fourth-order valence-corrected chi connectivity index (χ4v) is 2.26. The number of nitrogens with one attached hydrogen (secondary N) is 1. The van der Waals surface area contributed by atoms with Gasteiger partial charge in [-0.1, -0.05) is 30.3 Å². The molecule has 0 saturated heterocycles. The van der Waals surface area contributed by atoms with Crippen LogP contribution in [0.15, 0.2) is 30.3 Å². The largest absolute Gasteiger partial charge is 0.480 e. The van der Waals surface area contributed by atoms with E-state index in [1.807, 2.05) is 51.2 Å². The van der Waals surface area contributed by atoms with Crippen LogP contribution in [0.4, 0.5) is 0 Å². The second-order valence-corrected chi connectivity index (χ2v) is 5.13. The monoisotopic (exact) mass is 303 g/mol. The molecule has 1 heterocycles. The predicted octanol–water partition coefficient (Wildman–Crippen LogP) is 1.27. The molecule has 0 fully saturated rings. The normalized spacial score (nSPS) is 12.0. The summed E-state index contributed by atoms with van der Waals surface area (Å²) in [4.78, 5) is 12.0. The van der Waals surface area contributed by atoms with Gasteiger partial charge in [-0.3, -0.25) is 9.48 Å². The Balaban J connectivity index is 1.95. The SMILES string of the molecule is Cc1nn(C)c(C)c1OCC(=O)N[C@H](CO)c1ccccc1. The molecule has 22 heavy (non-hydrogen) atoms. The van der Waals surface area contributed by atoms with Gasteiger partial charge in [0, 0.05) is 7.05 Å². The number of hydrogen-bond acceptors (Lipinski definition) is 4. The van der Waals surface area contributed by atoms with Gasteiger partial charge >= 0.3 is 0 Å². The van der Waals surface area contributed by atoms with E-state index in [1.54, 1.807) is 4.68 Å². The van der Waals surface area contributed by atoms with E-state index in [4.69, 9.17) is 4.74 Å². The van der Waals surface area contributed by atoms with Crippen LogP contribution in [0.3, 0.4) is 0 Å². The van der Waals surface area contributed by atoms with Gasteiger partial charge in [0.15, 0.2) is 12.4 Å². The molecular formula is C16H21N3O3. The van der Waals surface area contributed by atoms with Gasteiger partial charge < -0.3 is 15.2 Å². The summed E-state index contributed by atoms with van der Waals surface area (Å²) in [5.41, 5.74) is 2.47. The lowest BCUT2D eigenvalue weighted by Gasteiger charge is -2.17. The lowest BCUT2D eigenvalue weighted by atomic mass is 10.1. The van der Waals surface area contributed by atoms with Crippen molar-refractivity contribution in [2.24, 2.45) is 7.05 Å². The molecule has 118 valence electrons. The van der Waals surface area contributed by atoms with E-state index in [9.17, 15) is 9.90 Å². The van der Waals surface area contributed by atoms with Crippen molar-refractivity contribution in [3.63, 3.8) is 0 Å². The van der Waals surface area contributed by atoms with Gasteiger partial charge in [0.25, 0.3) is 5.91 Å². The van der Waals surface area contributed by atoms with Crippen LogP contribution in [0.2, 0.25) is 0 Å². The molecule has 2 rings (SSSR count). The number of aliphatic hydroxyl groups excluding tert-OH is 1. The predicted molar refractivity (Wildman–Crippen MR) is 82.6 cm³/mol. The van der Waals surface area contributed by atoms with E-state index in [2.05, 4.69) is 10.4 Å². The fraction of sp³-hybridized carbons (Fsp3) is 0.375. The Morgan fingerprint density at radius 3 is 2.59 bits per heavy atom. The van der Waals surface area contributed by atoms with E-state index in [0.29, 0.717) is 5.75 Å². The van der Waals surface area contributed by atoms with Crippen molar-refractivity contribution in [2.45, 2.75) is 19.9 Å². The Morgan fingerprint density at radius 2 is 2.05 bits per heavy atom. The van der Waals surface area contributed by atoms with Crippen LogP contribution in [-0.2, 0) is 11.8 Å². The van der Waals surface area contributed by atoms with Crippen molar-refractivity contribution in [3.05, 3.63) is 47.3 Å². The maximum Gasteiger partial charge on any atom is 0.258 e. The number of ether oxygens (including phenoxy) is 1. The smallest absolute Gasteiger partial charge is 0.258 e. The van der Waals surface area contributed by atoms with Crippen LogP contribution >= 0.6 is 0 Å². The average Bonchev–Trinajstić information content (AvgIpc) is 2.76. The third-order valence-corrected chi connectivity index (χ3v) is 3.51. The van der Waals surface area contributed by atoms with Crippen molar-refractivity contribution < 1.29 is 14.6 Å². The van der Waals surface area contributed by atoms with E-state index >= 15 is 0 Å². The Labute approximate surface area is 129 Å². The molecule has 0 aliphatic rings. The first-order valence-corrected chi connectivity index (χ1v) is 7.11. The molecule has 0 spiro atoms. The summed E-state index contributed by atoms with van der Waals surface area (Å²) in [6, 6.07) is 8.89. The molecule has 0 aliphatic heterocycles. The summed E-state index contributed by atoms with van der Waals surface area (Å²) in [7, 11) is 1.83. The number of rotatable bonds is 6. The fourth-order valence-electron chi connectivity index (χ4n) is 2.26. The number of hydrogen-bond donors (Lipinski definition) is 2. The average molecular weight is 303 g/mol. The van der Waals surface area contributed by atoms with Crippen molar-refractivity contribution >= 4 is 5.91 Å². The van der Waals surface area contributed by atoms with Crippen molar-refractivity contribution in [1.29, 1.82) is 0 Å². The van der Waals surface area contributed by atoms with Gasteiger partial charge in [-0.25, -0.2) is 0 Å². The summed E-state index contributed by atoms with van der Waals surface area (Å²) in [5, 5.41) is 16.4. The highest BCUT2D eigenvalue weighted by atomic mass is 16.5. The molecule has 2 N–H and O–H groups in total. The molecule has 0 radical (unpaired) electrons. The van der Waals surface area contributed by atoms with E-state index in [-0.39, 0.29) is 19.1 Å². The van der Waals surface area contributed by atoms with Gasteiger partial charge in [-0.15, -0.1) is 0 Å². The van der Waals surface area contributed by atoms with Crippen molar-refractivity contribution in [1.82, 2.24) is 15.1 Å². The number of aromatic nitrogens is 2. The molecule has 0 saturated carbocycles. The third-order valence-electron chi connectivity index (χ3n) is 3.51. The summed E-state index contributed by atoms with van der Waals surface area (Å²) < 4.78 is 7.27. The molecule has 0 unspecified atom stereocenters. The number of aryl methyl sites for hydroxylation is 2. The van der Waals surface area contributed by atoms with Gasteiger partial charge in [0.05, 0.1) is 18.3 Å². The second kappa shape index (κ2) is 7.09. The lowest BCUT2D eigenvalue weighted by Crippen LogP contribution is -2.34.